The van der Waals surface area contributed by atoms with Crippen LogP contribution in [0.1, 0.15) is 23.6 Å². The van der Waals surface area contributed by atoms with E-state index in [0.29, 0.717) is 41.4 Å². The Morgan fingerprint density at radius 3 is 2.71 bits per heavy atom. The maximum Gasteiger partial charge on any atom is 0.409 e. The zero-order valence-electron chi connectivity index (χ0n) is 17.2. The first-order chi connectivity index (χ1) is 15.0. The molecule has 1 amide bonds. The van der Waals surface area contributed by atoms with Gasteiger partial charge in [0.05, 0.1) is 54.5 Å². The standard InChI is InChI=1S/C22H21ClN4O4/c1-30-20-6-4-15(9-17(20)23)12-26-19-10-14(11-24)3-5-18(19)27(21(26)28)16-7-8-25(13-16)22(29)31-2/h3-6,9-10,16H,7-8,12-13H2,1-2H3. The van der Waals surface area contributed by atoms with E-state index in [1.54, 1.807) is 51.5 Å². The second-order valence-electron chi connectivity index (χ2n) is 7.38. The fourth-order valence-corrected chi connectivity index (χ4v) is 4.37. The molecule has 2 aromatic carbocycles. The van der Waals surface area contributed by atoms with Crippen molar-refractivity contribution >= 4 is 28.7 Å². The van der Waals surface area contributed by atoms with E-state index in [1.165, 1.54) is 7.11 Å². The lowest BCUT2D eigenvalue weighted by atomic mass is 10.2. The number of aromatic nitrogens is 2. The topological polar surface area (TPSA) is 89.5 Å². The van der Waals surface area contributed by atoms with E-state index in [0.717, 1.165) is 11.1 Å². The van der Waals surface area contributed by atoms with Gasteiger partial charge in [-0.25, -0.2) is 9.59 Å². The van der Waals surface area contributed by atoms with Crippen LogP contribution in [0.3, 0.4) is 0 Å². The lowest BCUT2D eigenvalue weighted by Gasteiger charge is -2.15. The van der Waals surface area contributed by atoms with Crippen LogP contribution in [-0.4, -0.2) is 47.4 Å². The normalized spacial score (nSPS) is 15.8. The number of rotatable bonds is 4. The van der Waals surface area contributed by atoms with Crippen LogP contribution in [-0.2, 0) is 11.3 Å². The van der Waals surface area contributed by atoms with E-state index in [9.17, 15) is 14.9 Å². The second-order valence-corrected chi connectivity index (χ2v) is 7.79. The molecule has 2 heterocycles. The summed E-state index contributed by atoms with van der Waals surface area (Å²) in [5.41, 5.74) is 2.48. The van der Waals surface area contributed by atoms with Crippen molar-refractivity contribution < 1.29 is 14.3 Å². The van der Waals surface area contributed by atoms with E-state index in [4.69, 9.17) is 21.1 Å². The number of fused-ring (bicyclic) bond motifs is 1. The number of nitrogens with zero attached hydrogens (tertiary/aromatic N) is 4. The maximum atomic E-state index is 13.5. The number of hydrogen-bond donors (Lipinski definition) is 0. The molecular formula is C22H21ClN4O4. The minimum Gasteiger partial charge on any atom is -0.495 e. The van der Waals surface area contributed by atoms with E-state index < -0.39 is 6.09 Å². The molecule has 4 rings (SSSR count). The average molecular weight is 441 g/mol. The monoisotopic (exact) mass is 440 g/mol. The smallest absolute Gasteiger partial charge is 0.409 e. The Kier molecular flexibility index (Phi) is 5.61. The molecule has 8 nitrogen and oxygen atoms in total. The van der Waals surface area contributed by atoms with Gasteiger partial charge in [-0.15, -0.1) is 0 Å². The van der Waals surface area contributed by atoms with Crippen LogP contribution in [0.2, 0.25) is 5.02 Å². The van der Waals surface area contributed by atoms with Crippen LogP contribution in [0.25, 0.3) is 11.0 Å². The van der Waals surface area contributed by atoms with Gasteiger partial charge >= 0.3 is 11.8 Å². The molecule has 1 atom stereocenters. The Morgan fingerprint density at radius 1 is 1.23 bits per heavy atom. The highest BCUT2D eigenvalue weighted by molar-refractivity contribution is 6.32. The van der Waals surface area contributed by atoms with Gasteiger partial charge in [0.2, 0.25) is 0 Å². The molecule has 0 N–H and O–H groups in total. The molecule has 1 unspecified atom stereocenters. The SMILES string of the molecule is COC(=O)N1CCC(n2c(=O)n(Cc3ccc(OC)c(Cl)c3)c3cc(C#N)ccc32)C1. The van der Waals surface area contributed by atoms with Crippen molar-refractivity contribution in [2.24, 2.45) is 0 Å². The van der Waals surface area contributed by atoms with Gasteiger partial charge in [-0.05, 0) is 42.3 Å². The van der Waals surface area contributed by atoms with Gasteiger partial charge < -0.3 is 14.4 Å². The first kappa shape index (κ1) is 20.8. The summed E-state index contributed by atoms with van der Waals surface area (Å²) < 4.78 is 13.4. The summed E-state index contributed by atoms with van der Waals surface area (Å²) in [6.45, 7) is 1.19. The number of halogens is 1. The number of methoxy groups -OCH3 is 2. The van der Waals surface area contributed by atoms with Gasteiger partial charge in [0.1, 0.15) is 5.75 Å². The highest BCUT2D eigenvalue weighted by Gasteiger charge is 2.31. The maximum absolute atomic E-state index is 13.5. The second kappa shape index (κ2) is 8.36. The third kappa shape index (κ3) is 3.73. The number of nitriles is 1. The molecule has 0 bridgehead atoms. The molecule has 0 spiro atoms. The van der Waals surface area contributed by atoms with Gasteiger partial charge in [0.15, 0.2) is 0 Å². The van der Waals surface area contributed by atoms with E-state index in [-0.39, 0.29) is 18.3 Å². The molecule has 1 fully saturated rings. The molecule has 1 aliphatic rings. The van der Waals surface area contributed by atoms with Gasteiger partial charge in [0.25, 0.3) is 0 Å². The summed E-state index contributed by atoms with van der Waals surface area (Å²) >= 11 is 6.26. The van der Waals surface area contributed by atoms with Crippen molar-refractivity contribution in [3.05, 3.63) is 63.0 Å². The van der Waals surface area contributed by atoms with Crippen molar-refractivity contribution in [2.45, 2.75) is 19.0 Å². The number of imidazole rings is 1. The van der Waals surface area contributed by atoms with Crippen molar-refractivity contribution in [2.75, 3.05) is 27.3 Å². The quantitative estimate of drug-likeness (QED) is 0.620. The van der Waals surface area contributed by atoms with Crippen molar-refractivity contribution in [1.82, 2.24) is 14.0 Å². The molecule has 1 saturated heterocycles. The van der Waals surface area contributed by atoms with Crippen molar-refractivity contribution in [3.63, 3.8) is 0 Å². The molecular weight excluding hydrogens is 420 g/mol. The Balaban J connectivity index is 1.79. The summed E-state index contributed by atoms with van der Waals surface area (Å²) in [7, 11) is 2.89. The van der Waals surface area contributed by atoms with Crippen molar-refractivity contribution in [1.29, 1.82) is 5.26 Å². The highest BCUT2D eigenvalue weighted by Crippen LogP contribution is 2.28. The summed E-state index contributed by atoms with van der Waals surface area (Å²) in [6.07, 6.45) is 0.238. The Bertz CT molecular complexity index is 1260. The molecule has 1 aliphatic heterocycles. The zero-order chi connectivity index (χ0) is 22.1. The fraction of sp³-hybridized carbons (Fsp3) is 0.318. The number of carbonyl (C=O) groups excluding carboxylic acids is 1. The molecule has 0 aliphatic carbocycles. The number of amides is 1. The van der Waals surface area contributed by atoms with Crippen LogP contribution in [0, 0.1) is 11.3 Å². The summed E-state index contributed by atoms with van der Waals surface area (Å²) in [5.74, 6) is 0.556. The largest absolute Gasteiger partial charge is 0.495 e. The number of carbonyl (C=O) groups is 1. The highest BCUT2D eigenvalue weighted by atomic mass is 35.5. The molecule has 1 aromatic heterocycles. The number of benzene rings is 2. The molecule has 160 valence electrons. The Hall–Kier alpha value is -3.44. The first-order valence-corrected chi connectivity index (χ1v) is 10.1. The van der Waals surface area contributed by atoms with Gasteiger partial charge in [0, 0.05) is 13.1 Å². The van der Waals surface area contributed by atoms with Crippen LogP contribution in [0.4, 0.5) is 4.79 Å². The summed E-state index contributed by atoms with van der Waals surface area (Å²) in [5, 5.41) is 9.81. The van der Waals surface area contributed by atoms with Crippen LogP contribution in [0.5, 0.6) is 5.75 Å². The van der Waals surface area contributed by atoms with Crippen LogP contribution in [0.15, 0.2) is 41.2 Å². The third-order valence-corrected chi connectivity index (χ3v) is 5.91. The summed E-state index contributed by atoms with van der Waals surface area (Å²) in [4.78, 5) is 27.0. The van der Waals surface area contributed by atoms with E-state index >= 15 is 0 Å². The van der Waals surface area contributed by atoms with Gasteiger partial charge in [-0.2, -0.15) is 5.26 Å². The first-order valence-electron chi connectivity index (χ1n) is 9.77. The Morgan fingerprint density at radius 2 is 2.03 bits per heavy atom. The lowest BCUT2D eigenvalue weighted by Crippen LogP contribution is -2.32. The lowest BCUT2D eigenvalue weighted by molar-refractivity contribution is 0.131. The molecule has 0 radical (unpaired) electrons. The molecule has 3 aromatic rings. The van der Waals surface area contributed by atoms with Crippen LogP contribution >= 0.6 is 11.6 Å². The number of likely N-dealkylation sites (tertiary alicyclic amines) is 1. The van der Waals surface area contributed by atoms with Crippen molar-refractivity contribution in [3.8, 4) is 11.8 Å². The van der Waals surface area contributed by atoms with Gasteiger partial charge in [-0.1, -0.05) is 17.7 Å². The minimum absolute atomic E-state index is 0.178. The zero-order valence-corrected chi connectivity index (χ0v) is 17.9. The Labute approximate surface area is 183 Å². The average Bonchev–Trinajstić information content (AvgIpc) is 3.36. The number of ether oxygens (including phenoxy) is 2. The van der Waals surface area contributed by atoms with E-state index in [2.05, 4.69) is 6.07 Å². The number of hydrogen-bond acceptors (Lipinski definition) is 5. The third-order valence-electron chi connectivity index (χ3n) is 5.61. The minimum atomic E-state index is -0.404. The van der Waals surface area contributed by atoms with E-state index in [1.807, 2.05) is 6.07 Å². The van der Waals surface area contributed by atoms with Crippen LogP contribution < -0.4 is 10.4 Å². The molecule has 9 heteroatoms. The van der Waals surface area contributed by atoms with Gasteiger partial charge in [-0.3, -0.25) is 9.13 Å². The molecule has 0 saturated carbocycles. The predicted octanol–water partition coefficient (Wildman–Crippen LogP) is 3.40. The fourth-order valence-electron chi connectivity index (χ4n) is 4.09. The molecule has 31 heavy (non-hydrogen) atoms. The predicted molar refractivity (Wildman–Crippen MR) is 116 cm³/mol. The summed E-state index contributed by atoms with van der Waals surface area (Å²) in [6, 6.07) is 12.5.